The smallest absolute Gasteiger partial charge is 0.338 e. The van der Waals surface area contributed by atoms with Gasteiger partial charge < -0.3 is 4.74 Å². The molecule has 0 N–H and O–H groups in total. The molecule has 1 aromatic rings. The van der Waals surface area contributed by atoms with Crippen LogP contribution >= 0.6 is 0 Å². The van der Waals surface area contributed by atoms with Crippen molar-refractivity contribution in [1.29, 1.82) is 0 Å². The number of hydrogen-bond acceptors (Lipinski definition) is 2. The molecule has 0 aliphatic carbocycles. The number of rotatable bonds is 2. The second-order valence-electron chi connectivity index (χ2n) is 3.42. The Hall–Kier alpha value is -1.31. The minimum Gasteiger partial charge on any atom is -0.462 e. The molecule has 0 spiro atoms. The van der Waals surface area contributed by atoms with E-state index in [0.29, 0.717) is 12.2 Å². The predicted molar refractivity (Wildman–Crippen MR) is 56.6 cm³/mol. The topological polar surface area (TPSA) is 26.3 Å². The molecule has 0 atom stereocenters. The van der Waals surface area contributed by atoms with Gasteiger partial charge >= 0.3 is 5.97 Å². The molecule has 0 unspecified atom stereocenters. The Labute approximate surface area is 84.9 Å². The summed E-state index contributed by atoms with van der Waals surface area (Å²) in [6.07, 6.45) is 0. The van der Waals surface area contributed by atoms with Gasteiger partial charge in [-0.1, -0.05) is 12.1 Å². The van der Waals surface area contributed by atoms with E-state index >= 15 is 0 Å². The third kappa shape index (κ3) is 1.95. The zero-order valence-electron chi connectivity index (χ0n) is 9.18. The van der Waals surface area contributed by atoms with E-state index in [1.54, 1.807) is 0 Å². The molecule has 0 heterocycles. The number of aryl methyl sites for hydroxylation is 2. The lowest BCUT2D eigenvalue weighted by molar-refractivity contribution is 0.0524. The molecule has 2 nitrogen and oxygen atoms in total. The minimum atomic E-state index is -0.216. The quantitative estimate of drug-likeness (QED) is 0.673. The van der Waals surface area contributed by atoms with Crippen LogP contribution in [-0.4, -0.2) is 12.6 Å². The Balaban J connectivity index is 3.18. The lowest BCUT2D eigenvalue weighted by Crippen LogP contribution is -2.09. The fraction of sp³-hybridized carbons (Fsp3) is 0.417. The number of hydrogen-bond donors (Lipinski definition) is 0. The summed E-state index contributed by atoms with van der Waals surface area (Å²) in [7, 11) is 0. The summed E-state index contributed by atoms with van der Waals surface area (Å²) in [6.45, 7) is 8.12. The largest absolute Gasteiger partial charge is 0.462 e. The van der Waals surface area contributed by atoms with Gasteiger partial charge in [0.25, 0.3) is 0 Å². The average Bonchev–Trinajstić information content (AvgIpc) is 2.13. The lowest BCUT2D eigenvalue weighted by Gasteiger charge is -2.10. The minimum absolute atomic E-state index is 0.216. The molecule has 0 aliphatic heterocycles. The summed E-state index contributed by atoms with van der Waals surface area (Å²) in [4.78, 5) is 11.6. The van der Waals surface area contributed by atoms with Crippen LogP contribution in [0.3, 0.4) is 0 Å². The molecule has 2 heteroatoms. The Morgan fingerprint density at radius 3 is 2.36 bits per heavy atom. The summed E-state index contributed by atoms with van der Waals surface area (Å²) in [6, 6.07) is 3.97. The van der Waals surface area contributed by atoms with Gasteiger partial charge in [0.2, 0.25) is 0 Å². The Morgan fingerprint density at radius 1 is 1.21 bits per heavy atom. The molecular formula is C12H16O2. The third-order valence-corrected chi connectivity index (χ3v) is 2.42. The van der Waals surface area contributed by atoms with Crippen LogP contribution in [0.15, 0.2) is 12.1 Å². The van der Waals surface area contributed by atoms with Gasteiger partial charge in [0.05, 0.1) is 12.2 Å². The number of benzene rings is 1. The maximum Gasteiger partial charge on any atom is 0.338 e. The van der Waals surface area contributed by atoms with Crippen LogP contribution in [-0.2, 0) is 4.74 Å². The van der Waals surface area contributed by atoms with E-state index in [0.717, 1.165) is 16.7 Å². The van der Waals surface area contributed by atoms with Gasteiger partial charge in [-0.2, -0.15) is 0 Å². The summed E-state index contributed by atoms with van der Waals surface area (Å²) in [5.41, 5.74) is 3.83. The SMILES string of the molecule is CCOC(=O)c1c(C)ccc(C)c1C. The van der Waals surface area contributed by atoms with Crippen LogP contribution < -0.4 is 0 Å². The average molecular weight is 192 g/mol. The molecule has 1 aromatic carbocycles. The number of esters is 1. The van der Waals surface area contributed by atoms with E-state index in [-0.39, 0.29) is 5.97 Å². The molecule has 0 radical (unpaired) electrons. The van der Waals surface area contributed by atoms with Gasteiger partial charge in [0, 0.05) is 0 Å². The molecule has 1 rings (SSSR count). The predicted octanol–water partition coefficient (Wildman–Crippen LogP) is 2.79. The molecule has 0 amide bonds. The number of carbonyl (C=O) groups is 1. The van der Waals surface area contributed by atoms with Crippen molar-refractivity contribution in [3.8, 4) is 0 Å². The fourth-order valence-corrected chi connectivity index (χ4v) is 1.47. The van der Waals surface area contributed by atoms with Crippen molar-refractivity contribution in [3.63, 3.8) is 0 Å². The zero-order chi connectivity index (χ0) is 10.7. The molecule has 0 saturated heterocycles. The molecule has 0 bridgehead atoms. The summed E-state index contributed by atoms with van der Waals surface area (Å²) in [5.74, 6) is -0.216. The first-order valence-corrected chi connectivity index (χ1v) is 4.81. The van der Waals surface area contributed by atoms with E-state index in [1.165, 1.54) is 0 Å². The van der Waals surface area contributed by atoms with E-state index in [2.05, 4.69) is 0 Å². The monoisotopic (exact) mass is 192 g/mol. The number of carbonyl (C=O) groups excluding carboxylic acids is 1. The van der Waals surface area contributed by atoms with Gasteiger partial charge in [-0.05, 0) is 44.4 Å². The van der Waals surface area contributed by atoms with Gasteiger partial charge in [0.15, 0.2) is 0 Å². The molecule has 76 valence electrons. The van der Waals surface area contributed by atoms with Crippen LogP contribution in [0.1, 0.15) is 34.0 Å². The molecule has 0 fully saturated rings. The standard InChI is InChI=1S/C12H16O2/c1-5-14-12(13)11-9(3)7-6-8(2)10(11)4/h6-7H,5H2,1-4H3. The van der Waals surface area contributed by atoms with Crippen molar-refractivity contribution in [2.45, 2.75) is 27.7 Å². The van der Waals surface area contributed by atoms with Crippen molar-refractivity contribution < 1.29 is 9.53 Å². The highest BCUT2D eigenvalue weighted by Crippen LogP contribution is 2.18. The highest BCUT2D eigenvalue weighted by molar-refractivity contribution is 5.93. The Kier molecular flexibility index (Phi) is 3.28. The van der Waals surface area contributed by atoms with Crippen LogP contribution in [0.5, 0.6) is 0 Å². The Morgan fingerprint density at radius 2 is 1.79 bits per heavy atom. The van der Waals surface area contributed by atoms with E-state index in [1.807, 2.05) is 39.8 Å². The second kappa shape index (κ2) is 4.27. The van der Waals surface area contributed by atoms with Crippen LogP contribution in [0.2, 0.25) is 0 Å². The highest BCUT2D eigenvalue weighted by Gasteiger charge is 2.13. The summed E-state index contributed by atoms with van der Waals surface area (Å²) < 4.78 is 5.01. The van der Waals surface area contributed by atoms with Gasteiger partial charge in [-0.3, -0.25) is 0 Å². The molecule has 0 saturated carbocycles. The number of ether oxygens (including phenoxy) is 1. The van der Waals surface area contributed by atoms with Crippen molar-refractivity contribution in [1.82, 2.24) is 0 Å². The van der Waals surface area contributed by atoms with Crippen LogP contribution in [0.4, 0.5) is 0 Å². The molecule has 0 aromatic heterocycles. The van der Waals surface area contributed by atoms with E-state index < -0.39 is 0 Å². The van der Waals surface area contributed by atoms with Crippen LogP contribution in [0.25, 0.3) is 0 Å². The van der Waals surface area contributed by atoms with E-state index in [9.17, 15) is 4.79 Å². The van der Waals surface area contributed by atoms with Crippen LogP contribution in [0, 0.1) is 20.8 Å². The first kappa shape index (κ1) is 10.8. The fourth-order valence-electron chi connectivity index (χ4n) is 1.47. The van der Waals surface area contributed by atoms with Gasteiger partial charge in [-0.15, -0.1) is 0 Å². The third-order valence-electron chi connectivity index (χ3n) is 2.42. The van der Waals surface area contributed by atoms with Crippen molar-refractivity contribution in [2.24, 2.45) is 0 Å². The van der Waals surface area contributed by atoms with E-state index in [4.69, 9.17) is 4.74 Å². The van der Waals surface area contributed by atoms with Gasteiger partial charge in [0.1, 0.15) is 0 Å². The van der Waals surface area contributed by atoms with Gasteiger partial charge in [-0.25, -0.2) is 4.79 Å². The summed E-state index contributed by atoms with van der Waals surface area (Å²) >= 11 is 0. The highest BCUT2D eigenvalue weighted by atomic mass is 16.5. The molecule has 0 aliphatic rings. The maximum atomic E-state index is 11.6. The zero-order valence-corrected chi connectivity index (χ0v) is 9.18. The first-order valence-electron chi connectivity index (χ1n) is 4.81. The van der Waals surface area contributed by atoms with Crippen molar-refractivity contribution in [3.05, 3.63) is 34.4 Å². The first-order chi connectivity index (χ1) is 6.57. The molecular weight excluding hydrogens is 176 g/mol. The normalized spacial score (nSPS) is 10.0. The lowest BCUT2D eigenvalue weighted by atomic mass is 9.99. The van der Waals surface area contributed by atoms with Crippen molar-refractivity contribution in [2.75, 3.05) is 6.61 Å². The summed E-state index contributed by atoms with van der Waals surface area (Å²) in [5, 5.41) is 0. The second-order valence-corrected chi connectivity index (χ2v) is 3.42. The maximum absolute atomic E-state index is 11.6. The van der Waals surface area contributed by atoms with Crippen molar-refractivity contribution >= 4 is 5.97 Å². The Bertz CT molecular complexity index is 354. The molecule has 14 heavy (non-hydrogen) atoms.